The average molecular weight is 231 g/mol. The Balaban J connectivity index is 2.11. The van der Waals surface area contributed by atoms with E-state index < -0.39 is 11.8 Å². The molecule has 2 nitrogen and oxygen atoms in total. The minimum absolute atomic E-state index is 0.0406. The van der Waals surface area contributed by atoms with Crippen molar-refractivity contribution in [2.75, 3.05) is 0 Å². The van der Waals surface area contributed by atoms with Crippen LogP contribution in [0.1, 0.15) is 33.7 Å². The first-order valence-corrected chi connectivity index (χ1v) is 5.57. The van der Waals surface area contributed by atoms with Crippen molar-refractivity contribution in [2.24, 2.45) is 5.92 Å². The lowest BCUT2D eigenvalue weighted by Crippen LogP contribution is -1.96. The second-order valence-corrected chi connectivity index (χ2v) is 5.03. The van der Waals surface area contributed by atoms with Crippen LogP contribution in [0.2, 0.25) is 0 Å². The fourth-order valence-corrected chi connectivity index (χ4v) is 2.61. The van der Waals surface area contributed by atoms with Crippen molar-refractivity contribution in [3.05, 3.63) is 15.6 Å². The van der Waals surface area contributed by atoms with Crippen molar-refractivity contribution < 1.29 is 13.6 Å². The molecule has 0 aromatic carbocycles. The van der Waals surface area contributed by atoms with Gasteiger partial charge in [-0.25, -0.2) is 13.8 Å². The fourth-order valence-electron chi connectivity index (χ4n) is 1.57. The van der Waals surface area contributed by atoms with Gasteiger partial charge in [-0.1, -0.05) is 0 Å². The molecule has 1 unspecified atom stereocenters. The van der Waals surface area contributed by atoms with Gasteiger partial charge in [0.2, 0.25) is 0 Å². The highest BCUT2D eigenvalue weighted by Crippen LogP contribution is 2.50. The maximum Gasteiger partial charge on any atom is 0.252 e. The number of hydrogen-bond donors (Lipinski definition) is 0. The maximum absolute atomic E-state index is 12.7. The molecule has 1 aromatic heterocycles. The Labute approximate surface area is 90.3 Å². The number of aromatic nitrogens is 1. The van der Waals surface area contributed by atoms with Gasteiger partial charge in [-0.15, -0.1) is 11.3 Å². The lowest BCUT2D eigenvalue weighted by Gasteiger charge is -1.93. The van der Waals surface area contributed by atoms with E-state index >= 15 is 0 Å². The summed E-state index contributed by atoms with van der Waals surface area (Å²) >= 11 is 1.24. The van der Waals surface area contributed by atoms with E-state index in [4.69, 9.17) is 0 Å². The molecule has 1 fully saturated rings. The number of thiazole rings is 1. The zero-order valence-electron chi connectivity index (χ0n) is 8.51. The van der Waals surface area contributed by atoms with Gasteiger partial charge < -0.3 is 0 Å². The molecule has 1 heterocycles. The zero-order chi connectivity index (χ0) is 11.2. The fraction of sp³-hybridized carbons (Fsp3) is 0.600. The molecule has 1 aromatic rings. The lowest BCUT2D eigenvalue weighted by atomic mass is 10.3. The van der Waals surface area contributed by atoms with Crippen molar-refractivity contribution in [1.29, 1.82) is 0 Å². The predicted octanol–water partition coefficient (Wildman–Crippen LogP) is 2.85. The summed E-state index contributed by atoms with van der Waals surface area (Å²) in [6.07, 6.45) is 0.257. The van der Waals surface area contributed by atoms with Gasteiger partial charge in [0, 0.05) is 25.7 Å². The van der Waals surface area contributed by atoms with Crippen LogP contribution < -0.4 is 0 Å². The average Bonchev–Trinajstić information content (AvgIpc) is 2.55. The van der Waals surface area contributed by atoms with Crippen LogP contribution in [0.5, 0.6) is 0 Å². The summed E-state index contributed by atoms with van der Waals surface area (Å²) < 4.78 is 25.3. The highest BCUT2D eigenvalue weighted by molar-refractivity contribution is 7.13. The van der Waals surface area contributed by atoms with Gasteiger partial charge in [0.05, 0.1) is 15.6 Å². The normalized spacial score (nSPS) is 22.8. The molecule has 0 saturated heterocycles. The molecule has 1 atom stereocenters. The van der Waals surface area contributed by atoms with Gasteiger partial charge in [0.1, 0.15) is 0 Å². The largest absolute Gasteiger partial charge is 0.294 e. The third kappa shape index (κ3) is 2.07. The molecule has 1 saturated carbocycles. The Morgan fingerprint density at radius 1 is 1.67 bits per heavy atom. The Morgan fingerprint density at radius 2 is 2.27 bits per heavy atom. The van der Waals surface area contributed by atoms with Gasteiger partial charge in [-0.2, -0.15) is 0 Å². The van der Waals surface area contributed by atoms with Crippen LogP contribution in [0.3, 0.4) is 0 Å². The van der Waals surface area contributed by atoms with E-state index in [-0.39, 0.29) is 12.2 Å². The van der Waals surface area contributed by atoms with Gasteiger partial charge in [-0.05, 0) is 6.92 Å². The van der Waals surface area contributed by atoms with Crippen LogP contribution in [-0.4, -0.2) is 16.7 Å². The van der Waals surface area contributed by atoms with Crippen molar-refractivity contribution in [1.82, 2.24) is 4.98 Å². The van der Waals surface area contributed by atoms with Gasteiger partial charge in [0.15, 0.2) is 5.78 Å². The quantitative estimate of drug-likeness (QED) is 0.749. The van der Waals surface area contributed by atoms with E-state index in [0.717, 1.165) is 0 Å². The van der Waals surface area contributed by atoms with Gasteiger partial charge in [0.25, 0.3) is 5.92 Å². The summed E-state index contributed by atoms with van der Waals surface area (Å²) in [6, 6.07) is 0. The third-order valence-corrected chi connectivity index (χ3v) is 3.82. The number of rotatable bonds is 3. The number of carbonyl (C=O) groups excluding carboxylic acids is 1. The van der Waals surface area contributed by atoms with E-state index in [0.29, 0.717) is 22.0 Å². The maximum atomic E-state index is 12.7. The highest BCUT2D eigenvalue weighted by atomic mass is 32.1. The summed E-state index contributed by atoms with van der Waals surface area (Å²) in [5.41, 5.74) is 0.659. The van der Waals surface area contributed by atoms with Gasteiger partial charge in [-0.3, -0.25) is 4.79 Å². The standard InChI is InChI=1S/C10H11F2NOS/c1-5-9(6(2)14)15-8(13-5)3-7-4-10(7,11)12/h7H,3-4H2,1-2H3. The topological polar surface area (TPSA) is 30.0 Å². The molecular weight excluding hydrogens is 220 g/mol. The molecule has 82 valence electrons. The van der Waals surface area contributed by atoms with Crippen LogP contribution in [0.4, 0.5) is 8.78 Å². The van der Waals surface area contributed by atoms with Crippen LogP contribution >= 0.6 is 11.3 Å². The molecule has 0 radical (unpaired) electrons. The minimum atomic E-state index is -2.50. The molecule has 5 heteroatoms. The second-order valence-electron chi connectivity index (χ2n) is 3.94. The number of nitrogens with zero attached hydrogens (tertiary/aromatic N) is 1. The Bertz CT molecular complexity index is 414. The number of aryl methyl sites for hydroxylation is 1. The summed E-state index contributed by atoms with van der Waals surface area (Å²) in [5.74, 6) is -3.11. The monoisotopic (exact) mass is 231 g/mol. The Morgan fingerprint density at radius 3 is 2.67 bits per heavy atom. The van der Waals surface area contributed by atoms with E-state index in [1.54, 1.807) is 6.92 Å². The first-order chi connectivity index (χ1) is 6.90. The smallest absolute Gasteiger partial charge is 0.252 e. The van der Waals surface area contributed by atoms with Crippen molar-refractivity contribution in [3.8, 4) is 0 Å². The molecule has 2 rings (SSSR count). The van der Waals surface area contributed by atoms with E-state index in [2.05, 4.69) is 4.98 Å². The van der Waals surface area contributed by atoms with E-state index in [9.17, 15) is 13.6 Å². The SMILES string of the molecule is CC(=O)c1sc(CC2CC2(F)F)nc1C. The van der Waals surface area contributed by atoms with E-state index in [1.807, 2.05) is 0 Å². The first-order valence-electron chi connectivity index (χ1n) is 4.75. The molecule has 15 heavy (non-hydrogen) atoms. The zero-order valence-corrected chi connectivity index (χ0v) is 9.33. The summed E-state index contributed by atoms with van der Waals surface area (Å²) in [6.45, 7) is 3.21. The molecular formula is C10H11F2NOS. The number of hydrogen-bond acceptors (Lipinski definition) is 3. The molecule has 1 aliphatic carbocycles. The molecule has 0 N–H and O–H groups in total. The van der Waals surface area contributed by atoms with Crippen LogP contribution in [0, 0.1) is 12.8 Å². The lowest BCUT2D eigenvalue weighted by molar-refractivity contribution is 0.0987. The van der Waals surface area contributed by atoms with Crippen LogP contribution in [0.15, 0.2) is 0 Å². The van der Waals surface area contributed by atoms with Crippen molar-refractivity contribution >= 4 is 17.1 Å². The summed E-state index contributed by atoms with van der Waals surface area (Å²) in [5, 5.41) is 0.653. The first kappa shape index (κ1) is 10.7. The predicted molar refractivity (Wildman–Crippen MR) is 53.6 cm³/mol. The highest BCUT2D eigenvalue weighted by Gasteiger charge is 2.56. The molecule has 0 spiro atoms. The Kier molecular flexibility index (Phi) is 2.37. The molecule has 1 aliphatic rings. The van der Waals surface area contributed by atoms with Gasteiger partial charge >= 0.3 is 0 Å². The van der Waals surface area contributed by atoms with Crippen LogP contribution in [0.25, 0.3) is 0 Å². The summed E-state index contributed by atoms with van der Waals surface area (Å²) in [7, 11) is 0. The molecule has 0 bridgehead atoms. The molecule has 0 amide bonds. The third-order valence-electron chi connectivity index (χ3n) is 2.54. The Hall–Kier alpha value is -0.840. The number of alkyl halides is 2. The number of carbonyl (C=O) groups is 1. The van der Waals surface area contributed by atoms with E-state index in [1.165, 1.54) is 18.3 Å². The van der Waals surface area contributed by atoms with Crippen molar-refractivity contribution in [3.63, 3.8) is 0 Å². The van der Waals surface area contributed by atoms with Crippen molar-refractivity contribution in [2.45, 2.75) is 32.6 Å². The molecule has 0 aliphatic heterocycles. The number of ketones is 1. The number of Topliss-reactive ketones (excluding diaryl/α,β-unsaturated/α-hetero) is 1. The second kappa shape index (κ2) is 3.33. The number of halogens is 2. The summed E-state index contributed by atoms with van der Waals surface area (Å²) in [4.78, 5) is 15.9. The minimum Gasteiger partial charge on any atom is -0.294 e. The van der Waals surface area contributed by atoms with Crippen LogP contribution in [-0.2, 0) is 6.42 Å².